The molecule has 0 spiro atoms. The van der Waals surface area contributed by atoms with Gasteiger partial charge in [0.1, 0.15) is 5.75 Å². The molecule has 1 aromatic carbocycles. The van der Waals surface area contributed by atoms with E-state index >= 15 is 0 Å². The van der Waals surface area contributed by atoms with Gasteiger partial charge in [-0.2, -0.15) is 0 Å². The van der Waals surface area contributed by atoms with Crippen LogP contribution in [0, 0.1) is 0 Å². The van der Waals surface area contributed by atoms with Gasteiger partial charge in [-0.1, -0.05) is 39.0 Å². The summed E-state index contributed by atoms with van der Waals surface area (Å²) in [5.74, 6) is 0.283. The van der Waals surface area contributed by atoms with E-state index in [4.69, 9.17) is 10.3 Å². The fourth-order valence-corrected chi connectivity index (χ4v) is 4.87. The number of azide groups is 1. The van der Waals surface area contributed by atoms with Crippen LogP contribution in [0.2, 0.25) is 18.1 Å². The number of hydrogen-bond donors (Lipinski definition) is 0. The van der Waals surface area contributed by atoms with Crippen LogP contribution in [0.4, 0.5) is 10.5 Å². The van der Waals surface area contributed by atoms with Crippen LogP contribution in [0.1, 0.15) is 34.6 Å². The zero-order valence-electron chi connectivity index (χ0n) is 17.3. The Kier molecular flexibility index (Phi) is 5.92. The molecule has 2 aromatic rings. The molecule has 146 valence electrons. The zero-order chi connectivity index (χ0) is 20.4. The Morgan fingerprint density at radius 3 is 2.41 bits per heavy atom. The van der Waals surface area contributed by atoms with Crippen molar-refractivity contribution in [3.8, 4) is 5.75 Å². The normalized spacial score (nSPS) is 12.0. The van der Waals surface area contributed by atoms with Crippen LogP contribution >= 0.6 is 0 Å². The minimum Gasteiger partial charge on any atom is -0.410 e. The van der Waals surface area contributed by atoms with Crippen LogP contribution in [0.25, 0.3) is 21.3 Å². The lowest BCUT2D eigenvalue weighted by Gasteiger charge is -2.38. The minimum atomic E-state index is -1.85. The van der Waals surface area contributed by atoms with Gasteiger partial charge >= 0.3 is 6.09 Å². The fourth-order valence-electron chi connectivity index (χ4n) is 2.90. The summed E-state index contributed by atoms with van der Waals surface area (Å²) in [5, 5.41) is 4.78. The van der Waals surface area contributed by atoms with E-state index in [2.05, 4.69) is 54.3 Å². The van der Waals surface area contributed by atoms with Crippen LogP contribution in [0.5, 0.6) is 5.75 Å². The molecular formula is C19H29N5O2Si. The maximum absolute atomic E-state index is 12.3. The highest BCUT2D eigenvalue weighted by Crippen LogP contribution is 2.42. The van der Waals surface area contributed by atoms with Gasteiger partial charge in [-0.05, 0) is 48.8 Å². The van der Waals surface area contributed by atoms with Gasteiger partial charge in [0.05, 0.1) is 5.69 Å². The van der Waals surface area contributed by atoms with Crippen LogP contribution in [-0.2, 0) is 0 Å². The topological polar surface area (TPSA) is 83.2 Å². The molecule has 0 aliphatic carbocycles. The van der Waals surface area contributed by atoms with E-state index in [1.54, 1.807) is 11.0 Å². The third-order valence-corrected chi connectivity index (χ3v) is 10.9. The molecule has 0 bridgehead atoms. The summed E-state index contributed by atoms with van der Waals surface area (Å²) < 4.78 is 7.85. The largest absolute Gasteiger partial charge is 0.415 e. The van der Waals surface area contributed by atoms with Gasteiger partial charge in [0.25, 0.3) is 0 Å². The van der Waals surface area contributed by atoms with Gasteiger partial charge in [0.15, 0.2) is 8.24 Å². The first-order valence-corrected chi connectivity index (χ1v) is 12.2. The lowest BCUT2D eigenvalue weighted by atomic mass is 10.2. The highest BCUT2D eigenvalue weighted by molar-refractivity contribution is 6.79. The van der Waals surface area contributed by atoms with Crippen molar-refractivity contribution in [3.63, 3.8) is 0 Å². The molecule has 0 aliphatic rings. The van der Waals surface area contributed by atoms with Crippen LogP contribution in [0.15, 0.2) is 29.5 Å². The van der Waals surface area contributed by atoms with Crippen LogP contribution in [-0.4, -0.2) is 36.6 Å². The predicted molar refractivity (Wildman–Crippen MR) is 112 cm³/mol. The SMILES string of the molecule is CCN(CC)C(=O)Oc1ccc2c(ccn2[Si](C)(C)C(C)(C)C)c1N=[N+]=[N-]. The smallest absolute Gasteiger partial charge is 0.410 e. The molecule has 0 aliphatic heterocycles. The Hall–Kier alpha value is -2.44. The van der Waals surface area contributed by atoms with Crippen molar-refractivity contribution in [3.05, 3.63) is 34.8 Å². The molecule has 0 fully saturated rings. The molecule has 0 saturated carbocycles. The average Bonchev–Trinajstić information content (AvgIpc) is 3.02. The van der Waals surface area contributed by atoms with Gasteiger partial charge in [0.2, 0.25) is 0 Å². The van der Waals surface area contributed by atoms with Crippen molar-refractivity contribution in [1.29, 1.82) is 0 Å². The van der Waals surface area contributed by atoms with Crippen molar-refractivity contribution >= 4 is 30.9 Å². The summed E-state index contributed by atoms with van der Waals surface area (Å²) in [7, 11) is -1.85. The van der Waals surface area contributed by atoms with Crippen molar-refractivity contribution in [2.45, 2.75) is 52.8 Å². The molecule has 0 unspecified atom stereocenters. The lowest BCUT2D eigenvalue weighted by molar-refractivity contribution is 0.157. The van der Waals surface area contributed by atoms with Crippen molar-refractivity contribution < 1.29 is 9.53 Å². The number of aromatic nitrogens is 1. The number of ether oxygens (including phenoxy) is 1. The van der Waals surface area contributed by atoms with E-state index in [9.17, 15) is 4.79 Å². The number of rotatable bonds is 5. The Morgan fingerprint density at radius 1 is 1.26 bits per heavy atom. The van der Waals surface area contributed by atoms with E-state index in [1.807, 2.05) is 26.0 Å². The van der Waals surface area contributed by atoms with E-state index in [0.29, 0.717) is 18.8 Å². The van der Waals surface area contributed by atoms with Gasteiger partial charge in [-0.25, -0.2) is 4.79 Å². The highest BCUT2D eigenvalue weighted by atomic mass is 28.3. The molecule has 7 nitrogen and oxygen atoms in total. The third-order valence-electron chi connectivity index (χ3n) is 5.61. The molecule has 2 rings (SSSR count). The van der Waals surface area contributed by atoms with Crippen molar-refractivity contribution in [2.24, 2.45) is 5.11 Å². The minimum absolute atomic E-state index is 0.144. The second kappa shape index (κ2) is 7.66. The Bertz CT molecular complexity index is 887. The summed E-state index contributed by atoms with van der Waals surface area (Å²) >= 11 is 0. The standard InChI is InChI=1S/C19H29N5O2Si/c1-8-23(9-2)18(25)26-16-11-10-15-14(17(16)21-22-20)12-13-24(15)27(6,7)19(3,4)5/h10-13H,8-9H2,1-7H3. The van der Waals surface area contributed by atoms with E-state index in [0.717, 1.165) is 10.9 Å². The second-order valence-electron chi connectivity index (χ2n) is 8.07. The molecule has 8 heteroatoms. The zero-order valence-corrected chi connectivity index (χ0v) is 18.3. The number of fused-ring (bicyclic) bond motifs is 1. The summed E-state index contributed by atoms with van der Waals surface area (Å²) in [4.78, 5) is 16.9. The van der Waals surface area contributed by atoms with Gasteiger partial charge in [0, 0.05) is 28.9 Å². The summed E-state index contributed by atoms with van der Waals surface area (Å²) in [5.41, 5.74) is 10.4. The summed E-state index contributed by atoms with van der Waals surface area (Å²) in [6.45, 7) is 16.3. The summed E-state index contributed by atoms with van der Waals surface area (Å²) in [6.07, 6.45) is 1.60. The number of carbonyl (C=O) groups excluding carboxylic acids is 1. The number of nitrogens with zero attached hydrogens (tertiary/aromatic N) is 5. The Morgan fingerprint density at radius 2 is 1.89 bits per heavy atom. The number of carbonyl (C=O) groups is 1. The maximum Gasteiger partial charge on any atom is 0.415 e. The molecule has 1 heterocycles. The molecule has 1 aromatic heterocycles. The van der Waals surface area contributed by atoms with Gasteiger partial charge in [-0.15, -0.1) is 0 Å². The first-order valence-electron chi connectivity index (χ1n) is 9.24. The third kappa shape index (κ3) is 3.82. The molecule has 27 heavy (non-hydrogen) atoms. The molecule has 0 atom stereocenters. The number of benzene rings is 1. The first kappa shape index (κ1) is 20.9. The molecular weight excluding hydrogens is 358 g/mol. The Labute approximate surface area is 161 Å². The predicted octanol–water partition coefficient (Wildman–Crippen LogP) is 6.28. The quantitative estimate of drug-likeness (QED) is 0.262. The Balaban J connectivity index is 2.60. The second-order valence-corrected chi connectivity index (χ2v) is 13.2. The fraction of sp³-hybridized carbons (Fsp3) is 0.526. The molecule has 1 amide bonds. The van der Waals surface area contributed by atoms with Gasteiger partial charge < -0.3 is 13.9 Å². The van der Waals surface area contributed by atoms with Crippen LogP contribution < -0.4 is 4.74 Å². The van der Waals surface area contributed by atoms with E-state index in [1.165, 1.54) is 0 Å². The van der Waals surface area contributed by atoms with Gasteiger partial charge in [-0.3, -0.25) is 0 Å². The summed E-state index contributed by atoms with van der Waals surface area (Å²) in [6, 6.07) is 5.60. The van der Waals surface area contributed by atoms with Crippen LogP contribution in [0.3, 0.4) is 0 Å². The maximum atomic E-state index is 12.3. The first-order chi connectivity index (χ1) is 12.6. The van der Waals surface area contributed by atoms with E-state index in [-0.39, 0.29) is 10.8 Å². The van der Waals surface area contributed by atoms with Crippen molar-refractivity contribution in [2.75, 3.05) is 13.1 Å². The highest BCUT2D eigenvalue weighted by Gasteiger charge is 2.38. The monoisotopic (exact) mass is 387 g/mol. The van der Waals surface area contributed by atoms with E-state index < -0.39 is 14.3 Å². The molecule has 0 saturated heterocycles. The van der Waals surface area contributed by atoms with Crippen molar-refractivity contribution in [1.82, 2.24) is 9.13 Å². The number of hydrogen-bond acceptors (Lipinski definition) is 3. The molecule has 0 radical (unpaired) electrons. The number of amides is 1. The molecule has 0 N–H and O–H groups in total. The average molecular weight is 388 g/mol. The lowest BCUT2D eigenvalue weighted by Crippen LogP contribution is -2.44.